The summed E-state index contributed by atoms with van der Waals surface area (Å²) in [6.07, 6.45) is 1.75. The molecular weight excluding hydrogens is 448 g/mol. The van der Waals surface area contributed by atoms with Crippen molar-refractivity contribution in [3.8, 4) is 11.3 Å². The molecule has 6 nitrogen and oxygen atoms in total. The summed E-state index contributed by atoms with van der Waals surface area (Å²) < 4.78 is 11.0. The third kappa shape index (κ3) is 4.84. The Kier molecular flexibility index (Phi) is 7.03. The fourth-order valence-corrected chi connectivity index (χ4v) is 4.68. The molecule has 0 aliphatic carbocycles. The summed E-state index contributed by atoms with van der Waals surface area (Å²) in [6, 6.07) is 16.8. The maximum absolute atomic E-state index is 13.0. The summed E-state index contributed by atoms with van der Waals surface area (Å²) in [5.41, 5.74) is 4.35. The van der Waals surface area contributed by atoms with E-state index in [2.05, 4.69) is 0 Å². The van der Waals surface area contributed by atoms with E-state index in [0.717, 1.165) is 22.4 Å². The van der Waals surface area contributed by atoms with Gasteiger partial charge in [0.15, 0.2) is 5.17 Å². The van der Waals surface area contributed by atoms with Crippen LogP contribution in [0.25, 0.3) is 17.4 Å². The van der Waals surface area contributed by atoms with E-state index < -0.39 is 0 Å². The molecule has 1 saturated heterocycles. The van der Waals surface area contributed by atoms with E-state index >= 15 is 0 Å². The Morgan fingerprint density at radius 2 is 1.76 bits per heavy atom. The third-order valence-electron chi connectivity index (χ3n) is 5.43. The highest BCUT2D eigenvalue weighted by Crippen LogP contribution is 2.36. The highest BCUT2D eigenvalue weighted by molar-refractivity contribution is 8.18. The quantitative estimate of drug-likeness (QED) is 0.307. The van der Waals surface area contributed by atoms with Crippen LogP contribution in [0.1, 0.15) is 41.1 Å². The van der Waals surface area contributed by atoms with E-state index in [1.807, 2.05) is 63.2 Å². The number of esters is 1. The second kappa shape index (κ2) is 10.1. The van der Waals surface area contributed by atoms with Gasteiger partial charge in [-0.3, -0.25) is 9.69 Å². The van der Waals surface area contributed by atoms with Crippen LogP contribution in [0.5, 0.6) is 0 Å². The highest BCUT2D eigenvalue weighted by atomic mass is 32.2. The molecule has 1 aliphatic rings. The van der Waals surface area contributed by atoms with E-state index in [1.54, 1.807) is 30.0 Å². The number of likely N-dealkylation sites (N-methyl/N-ethyl adjacent to an activating group) is 1. The first kappa shape index (κ1) is 23.6. The largest absolute Gasteiger partial charge is 0.462 e. The first-order valence-corrected chi connectivity index (χ1v) is 12.0. The number of hydrogen-bond acceptors (Lipinski definition) is 6. The van der Waals surface area contributed by atoms with Crippen molar-refractivity contribution in [2.45, 2.75) is 27.7 Å². The second-order valence-electron chi connectivity index (χ2n) is 7.79. The number of aliphatic imine (C=N–C) groups is 1. The van der Waals surface area contributed by atoms with Crippen LogP contribution >= 0.6 is 11.8 Å². The van der Waals surface area contributed by atoms with Crippen LogP contribution in [0.15, 0.2) is 68.9 Å². The van der Waals surface area contributed by atoms with Crippen molar-refractivity contribution in [1.29, 1.82) is 0 Å². The van der Waals surface area contributed by atoms with Gasteiger partial charge in [0.1, 0.15) is 11.5 Å². The van der Waals surface area contributed by atoms with Crippen molar-refractivity contribution in [3.63, 3.8) is 0 Å². The maximum atomic E-state index is 13.0. The Balaban J connectivity index is 1.57. The summed E-state index contributed by atoms with van der Waals surface area (Å²) in [4.78, 5) is 31.9. The normalized spacial score (nSPS) is 16.0. The third-order valence-corrected chi connectivity index (χ3v) is 6.44. The van der Waals surface area contributed by atoms with Crippen molar-refractivity contribution < 1.29 is 18.7 Å². The number of carbonyl (C=O) groups is 2. The Morgan fingerprint density at radius 1 is 1.06 bits per heavy atom. The van der Waals surface area contributed by atoms with E-state index in [9.17, 15) is 9.59 Å². The molecular formula is C27H26N2O4S. The number of furan rings is 1. The summed E-state index contributed by atoms with van der Waals surface area (Å²) in [6.45, 7) is 8.61. The van der Waals surface area contributed by atoms with Gasteiger partial charge in [-0.15, -0.1) is 0 Å². The SMILES string of the molecule is CCOC(=O)c1ccc(-c2ccc(C=C3SC(=Nc4c(C)cccc4C)N(CC)C3=O)o2)cc1. The number of carbonyl (C=O) groups excluding carboxylic acids is 2. The molecule has 1 amide bonds. The zero-order valence-corrected chi connectivity index (χ0v) is 20.4. The van der Waals surface area contributed by atoms with Crippen LogP contribution in [-0.2, 0) is 9.53 Å². The average molecular weight is 475 g/mol. The number of aryl methyl sites for hydroxylation is 2. The number of thioether (sulfide) groups is 1. The number of para-hydroxylation sites is 1. The number of nitrogens with zero attached hydrogens (tertiary/aromatic N) is 2. The lowest BCUT2D eigenvalue weighted by Gasteiger charge is -2.13. The molecule has 0 N–H and O–H groups in total. The standard InChI is InChI=1S/C27H26N2O4S/c1-5-29-25(30)23(34-27(29)28-24-17(3)8-7-9-18(24)4)16-21-14-15-22(33-21)19-10-12-20(13-11-19)26(31)32-6-2/h7-16H,5-6H2,1-4H3. The number of benzene rings is 2. The van der Waals surface area contributed by atoms with Gasteiger partial charge in [-0.25, -0.2) is 9.79 Å². The van der Waals surface area contributed by atoms with Gasteiger partial charge in [0.05, 0.1) is 22.8 Å². The van der Waals surface area contributed by atoms with Gasteiger partial charge < -0.3 is 9.15 Å². The molecule has 2 aromatic carbocycles. The second-order valence-corrected chi connectivity index (χ2v) is 8.80. The van der Waals surface area contributed by atoms with Crippen LogP contribution in [-0.4, -0.2) is 35.1 Å². The Morgan fingerprint density at radius 3 is 2.41 bits per heavy atom. The van der Waals surface area contributed by atoms with Gasteiger partial charge in [0.25, 0.3) is 5.91 Å². The van der Waals surface area contributed by atoms with Crippen molar-refractivity contribution in [1.82, 2.24) is 4.90 Å². The van der Waals surface area contributed by atoms with Crippen LogP contribution in [0, 0.1) is 13.8 Å². The van der Waals surface area contributed by atoms with Gasteiger partial charge in [-0.1, -0.05) is 30.3 Å². The van der Waals surface area contributed by atoms with E-state index in [4.69, 9.17) is 14.1 Å². The average Bonchev–Trinajstić information content (AvgIpc) is 3.41. The molecule has 174 valence electrons. The first-order chi connectivity index (χ1) is 16.4. The molecule has 0 saturated carbocycles. The van der Waals surface area contributed by atoms with Crippen molar-refractivity contribution in [3.05, 3.63) is 82.0 Å². The van der Waals surface area contributed by atoms with Crippen LogP contribution in [0.2, 0.25) is 0 Å². The van der Waals surface area contributed by atoms with Crippen molar-refractivity contribution >= 4 is 40.6 Å². The van der Waals surface area contributed by atoms with Gasteiger partial charge in [-0.2, -0.15) is 0 Å². The predicted octanol–water partition coefficient (Wildman–Crippen LogP) is 6.36. The van der Waals surface area contributed by atoms with Gasteiger partial charge in [0, 0.05) is 18.2 Å². The molecule has 0 spiro atoms. The molecule has 34 heavy (non-hydrogen) atoms. The molecule has 0 bridgehead atoms. The minimum absolute atomic E-state index is 0.0887. The van der Waals surface area contributed by atoms with E-state index in [-0.39, 0.29) is 11.9 Å². The van der Waals surface area contributed by atoms with Gasteiger partial charge >= 0.3 is 5.97 Å². The van der Waals surface area contributed by atoms with E-state index in [0.29, 0.717) is 40.3 Å². The minimum Gasteiger partial charge on any atom is -0.462 e. The fourth-order valence-electron chi connectivity index (χ4n) is 3.65. The molecule has 3 aromatic rings. The lowest BCUT2D eigenvalue weighted by Crippen LogP contribution is -2.28. The molecule has 0 atom stereocenters. The highest BCUT2D eigenvalue weighted by Gasteiger charge is 2.32. The summed E-state index contributed by atoms with van der Waals surface area (Å²) in [5, 5.41) is 0.664. The smallest absolute Gasteiger partial charge is 0.338 e. The van der Waals surface area contributed by atoms with Crippen LogP contribution < -0.4 is 0 Å². The molecule has 2 heterocycles. The lowest BCUT2D eigenvalue weighted by molar-refractivity contribution is -0.122. The molecule has 0 unspecified atom stereocenters. The van der Waals surface area contributed by atoms with Gasteiger partial charge in [0.2, 0.25) is 0 Å². The lowest BCUT2D eigenvalue weighted by atomic mass is 10.1. The maximum Gasteiger partial charge on any atom is 0.338 e. The zero-order chi connectivity index (χ0) is 24.2. The summed E-state index contributed by atoms with van der Waals surface area (Å²) in [7, 11) is 0. The van der Waals surface area contributed by atoms with Gasteiger partial charge in [-0.05, 0) is 74.8 Å². The van der Waals surface area contributed by atoms with Crippen molar-refractivity contribution in [2.24, 2.45) is 4.99 Å². The number of ether oxygens (including phenoxy) is 1. The molecule has 0 radical (unpaired) electrons. The molecule has 1 aromatic heterocycles. The number of amides is 1. The fraction of sp³-hybridized carbons (Fsp3) is 0.222. The Labute approximate surface area is 203 Å². The predicted molar refractivity (Wildman–Crippen MR) is 136 cm³/mol. The minimum atomic E-state index is -0.352. The molecule has 4 rings (SSSR count). The number of amidine groups is 1. The van der Waals surface area contributed by atoms with E-state index in [1.165, 1.54) is 11.8 Å². The summed E-state index contributed by atoms with van der Waals surface area (Å²) >= 11 is 1.35. The van der Waals surface area contributed by atoms with Crippen molar-refractivity contribution in [2.75, 3.05) is 13.2 Å². The summed E-state index contributed by atoms with van der Waals surface area (Å²) in [5.74, 6) is 0.780. The first-order valence-electron chi connectivity index (χ1n) is 11.1. The number of rotatable bonds is 6. The Hall–Kier alpha value is -3.58. The number of hydrogen-bond donors (Lipinski definition) is 0. The molecule has 1 fully saturated rings. The monoisotopic (exact) mass is 474 g/mol. The van der Waals surface area contributed by atoms with Crippen LogP contribution in [0.4, 0.5) is 5.69 Å². The molecule has 1 aliphatic heterocycles. The zero-order valence-electron chi connectivity index (χ0n) is 19.6. The Bertz CT molecular complexity index is 1270. The van der Waals surface area contributed by atoms with Crippen LogP contribution in [0.3, 0.4) is 0 Å². The topological polar surface area (TPSA) is 72.1 Å². The molecule has 7 heteroatoms.